The molecule has 0 heterocycles. The number of aliphatic hydroxyl groups is 1. The molecule has 5 nitrogen and oxygen atoms in total. The highest BCUT2D eigenvalue weighted by Gasteiger charge is 2.33. The van der Waals surface area contributed by atoms with E-state index in [1.807, 2.05) is 6.07 Å². The third-order valence-corrected chi connectivity index (χ3v) is 4.28. The number of carbonyl (C=O) groups is 1. The zero-order valence-electron chi connectivity index (χ0n) is 14.6. The second kappa shape index (κ2) is 7.54. The van der Waals surface area contributed by atoms with Crippen LogP contribution in [0.2, 0.25) is 0 Å². The van der Waals surface area contributed by atoms with E-state index in [1.54, 1.807) is 19.9 Å². The number of aliphatic hydroxyl groups excluding tert-OH is 1. The molecule has 0 radical (unpaired) electrons. The molecule has 1 unspecified atom stereocenters. The van der Waals surface area contributed by atoms with Crippen LogP contribution in [0.4, 0.5) is 13.2 Å². The van der Waals surface area contributed by atoms with Crippen molar-refractivity contribution in [3.63, 3.8) is 0 Å². The minimum Gasteiger partial charge on any atom is -0.484 e. The summed E-state index contributed by atoms with van der Waals surface area (Å²) in [6.45, 7) is 1.49. The monoisotopic (exact) mass is 370 g/mol. The molecule has 1 aliphatic rings. The molecule has 1 aliphatic carbocycles. The van der Waals surface area contributed by atoms with Crippen molar-refractivity contribution < 1.29 is 27.8 Å². The van der Waals surface area contributed by atoms with Gasteiger partial charge in [0.1, 0.15) is 11.8 Å². The van der Waals surface area contributed by atoms with E-state index in [9.17, 15) is 28.3 Å². The Bertz CT molecular complexity index is 707. The molecule has 1 fully saturated rings. The molecule has 1 amide bonds. The zero-order chi connectivity index (χ0) is 19.5. The third kappa shape index (κ3) is 5.11. The van der Waals surface area contributed by atoms with Crippen molar-refractivity contribution in [1.82, 2.24) is 5.32 Å². The zero-order valence-corrected chi connectivity index (χ0v) is 14.6. The molecule has 1 aromatic rings. The minimum atomic E-state index is -4.48. The van der Waals surface area contributed by atoms with Crippen molar-refractivity contribution in [3.8, 4) is 11.8 Å². The van der Waals surface area contributed by atoms with Gasteiger partial charge in [-0.3, -0.25) is 4.79 Å². The fraction of sp³-hybridized carbons (Fsp3) is 0.556. The van der Waals surface area contributed by atoms with Crippen LogP contribution in [0.5, 0.6) is 5.75 Å². The summed E-state index contributed by atoms with van der Waals surface area (Å²) >= 11 is 0. The first-order chi connectivity index (χ1) is 12.1. The summed E-state index contributed by atoms with van der Waals surface area (Å²) < 4.78 is 42.3. The van der Waals surface area contributed by atoms with Crippen LogP contribution in [-0.4, -0.2) is 36.4 Å². The van der Waals surface area contributed by atoms with Gasteiger partial charge in [-0.1, -0.05) is 19.9 Å². The number of ether oxygens (including phenoxy) is 1. The molecule has 0 saturated heterocycles. The third-order valence-electron chi connectivity index (χ3n) is 4.28. The number of carbonyl (C=O) groups excluding carboxylic acids is 1. The van der Waals surface area contributed by atoms with Crippen LogP contribution in [0.1, 0.15) is 48.5 Å². The van der Waals surface area contributed by atoms with E-state index < -0.39 is 30.1 Å². The molecule has 8 heteroatoms. The summed E-state index contributed by atoms with van der Waals surface area (Å²) in [5.41, 5.74) is -0.118. The standard InChI is InChI=1S/C18H21F3N2O3/c1-17(2,9-24)15(8-22)23-16(25)12-5-6-13(11-3-4-11)14(7-12)26-10-18(19,20)21/h5-7,11,15,24H,3-4,9-10H2,1-2H3,(H,23,25). The van der Waals surface area contributed by atoms with Crippen LogP contribution < -0.4 is 10.1 Å². The van der Waals surface area contributed by atoms with E-state index in [0.29, 0.717) is 5.56 Å². The Morgan fingerprint density at radius 3 is 2.58 bits per heavy atom. The predicted molar refractivity (Wildman–Crippen MR) is 87.7 cm³/mol. The van der Waals surface area contributed by atoms with Gasteiger partial charge in [0.05, 0.1) is 12.7 Å². The second-order valence-electron chi connectivity index (χ2n) is 7.11. The molecular weight excluding hydrogens is 349 g/mol. The van der Waals surface area contributed by atoms with Gasteiger partial charge in [-0.05, 0) is 36.5 Å². The Hall–Kier alpha value is -2.27. The van der Waals surface area contributed by atoms with Gasteiger partial charge in [-0.25, -0.2) is 0 Å². The Morgan fingerprint density at radius 1 is 1.42 bits per heavy atom. The quantitative estimate of drug-likeness (QED) is 0.772. The van der Waals surface area contributed by atoms with Crippen LogP contribution in [0, 0.1) is 16.7 Å². The normalized spacial score (nSPS) is 15.9. The van der Waals surface area contributed by atoms with E-state index in [2.05, 4.69) is 5.32 Å². The highest BCUT2D eigenvalue weighted by atomic mass is 19.4. The van der Waals surface area contributed by atoms with Gasteiger partial charge < -0.3 is 15.2 Å². The lowest BCUT2D eigenvalue weighted by Crippen LogP contribution is -2.45. The molecule has 2 rings (SSSR count). The Morgan fingerprint density at radius 2 is 2.08 bits per heavy atom. The summed E-state index contributed by atoms with van der Waals surface area (Å²) in [6, 6.07) is 5.34. The summed E-state index contributed by atoms with van der Waals surface area (Å²) in [6.07, 6.45) is -2.74. The van der Waals surface area contributed by atoms with E-state index in [-0.39, 0.29) is 23.8 Å². The predicted octanol–water partition coefficient (Wildman–Crippen LogP) is 3.15. The maximum atomic E-state index is 12.5. The van der Waals surface area contributed by atoms with Gasteiger partial charge in [0.15, 0.2) is 6.61 Å². The smallest absolute Gasteiger partial charge is 0.422 e. The molecule has 26 heavy (non-hydrogen) atoms. The van der Waals surface area contributed by atoms with E-state index in [1.165, 1.54) is 12.1 Å². The van der Waals surface area contributed by atoms with Crippen molar-refractivity contribution in [2.75, 3.05) is 13.2 Å². The lowest BCUT2D eigenvalue weighted by molar-refractivity contribution is -0.153. The highest BCUT2D eigenvalue weighted by Crippen LogP contribution is 2.44. The first-order valence-corrected chi connectivity index (χ1v) is 8.22. The highest BCUT2D eigenvalue weighted by molar-refractivity contribution is 5.95. The molecule has 0 aliphatic heterocycles. The molecular formula is C18H21F3N2O3. The van der Waals surface area contributed by atoms with Gasteiger partial charge in [-0.2, -0.15) is 18.4 Å². The molecule has 1 saturated carbocycles. The number of amides is 1. The van der Waals surface area contributed by atoms with Crippen molar-refractivity contribution in [2.24, 2.45) is 5.41 Å². The van der Waals surface area contributed by atoms with Gasteiger partial charge in [0, 0.05) is 11.0 Å². The number of rotatable bonds is 7. The number of benzene rings is 1. The fourth-order valence-electron chi connectivity index (χ4n) is 2.40. The van der Waals surface area contributed by atoms with Crippen LogP contribution in [0.15, 0.2) is 18.2 Å². The van der Waals surface area contributed by atoms with Crippen LogP contribution in [0.25, 0.3) is 0 Å². The second-order valence-corrected chi connectivity index (χ2v) is 7.11. The average Bonchev–Trinajstić information content (AvgIpc) is 3.41. The molecule has 1 atom stereocenters. The molecule has 0 spiro atoms. The van der Waals surface area contributed by atoms with Crippen LogP contribution in [-0.2, 0) is 0 Å². The Kier molecular flexibility index (Phi) is 5.81. The number of halogens is 3. The van der Waals surface area contributed by atoms with Gasteiger partial charge >= 0.3 is 6.18 Å². The van der Waals surface area contributed by atoms with Crippen LogP contribution >= 0.6 is 0 Å². The van der Waals surface area contributed by atoms with Crippen molar-refractivity contribution in [2.45, 2.75) is 44.8 Å². The lowest BCUT2D eigenvalue weighted by atomic mass is 9.86. The topological polar surface area (TPSA) is 82.4 Å². The first kappa shape index (κ1) is 20.0. The number of nitrogens with zero attached hydrogens (tertiary/aromatic N) is 1. The number of alkyl halides is 3. The van der Waals surface area contributed by atoms with Gasteiger partial charge in [0.2, 0.25) is 0 Å². The number of nitriles is 1. The molecule has 2 N–H and O–H groups in total. The van der Waals surface area contributed by atoms with Gasteiger partial charge in [0.25, 0.3) is 5.91 Å². The summed E-state index contributed by atoms with van der Waals surface area (Å²) in [5, 5.41) is 21.1. The van der Waals surface area contributed by atoms with Gasteiger partial charge in [-0.15, -0.1) is 0 Å². The molecule has 1 aromatic carbocycles. The summed E-state index contributed by atoms with van der Waals surface area (Å²) in [5.74, 6) is -0.430. The number of hydrogen-bond acceptors (Lipinski definition) is 4. The average molecular weight is 370 g/mol. The van der Waals surface area contributed by atoms with Crippen molar-refractivity contribution in [3.05, 3.63) is 29.3 Å². The Labute approximate surface area is 149 Å². The SMILES string of the molecule is CC(C)(CO)C(C#N)NC(=O)c1ccc(C2CC2)c(OCC(F)(F)F)c1. The molecule has 0 bridgehead atoms. The lowest BCUT2D eigenvalue weighted by Gasteiger charge is -2.28. The maximum absolute atomic E-state index is 12.5. The summed E-state index contributed by atoms with van der Waals surface area (Å²) in [4.78, 5) is 12.4. The number of hydrogen-bond donors (Lipinski definition) is 2. The van der Waals surface area contributed by atoms with Crippen molar-refractivity contribution >= 4 is 5.91 Å². The van der Waals surface area contributed by atoms with E-state index >= 15 is 0 Å². The van der Waals surface area contributed by atoms with E-state index in [4.69, 9.17) is 4.74 Å². The van der Waals surface area contributed by atoms with E-state index in [0.717, 1.165) is 12.8 Å². The molecule has 0 aromatic heterocycles. The number of nitrogens with one attached hydrogen (secondary N) is 1. The minimum absolute atomic E-state index is 0.0346. The Balaban J connectivity index is 2.21. The summed E-state index contributed by atoms with van der Waals surface area (Å²) in [7, 11) is 0. The fourth-order valence-corrected chi connectivity index (χ4v) is 2.40. The molecule has 142 valence electrons. The largest absolute Gasteiger partial charge is 0.484 e. The first-order valence-electron chi connectivity index (χ1n) is 8.22. The van der Waals surface area contributed by atoms with Crippen molar-refractivity contribution in [1.29, 1.82) is 5.26 Å². The maximum Gasteiger partial charge on any atom is 0.422 e. The van der Waals surface area contributed by atoms with Crippen LogP contribution in [0.3, 0.4) is 0 Å².